The van der Waals surface area contributed by atoms with Gasteiger partial charge in [-0.15, -0.1) is 12.4 Å². The second-order valence-electron chi connectivity index (χ2n) is 7.51. The number of likely N-dealkylation sites (tertiary alicyclic amines) is 1. The summed E-state index contributed by atoms with van der Waals surface area (Å²) in [6.45, 7) is 2.73. The van der Waals surface area contributed by atoms with Gasteiger partial charge < -0.3 is 10.6 Å². The third-order valence-electron chi connectivity index (χ3n) is 6.10. The lowest BCUT2D eigenvalue weighted by molar-refractivity contribution is -0.133. The monoisotopic (exact) mass is 329 g/mol. The largest absolute Gasteiger partial charge is 0.342 e. The second kappa shape index (κ2) is 7.98. The van der Waals surface area contributed by atoms with Crippen LogP contribution in [0, 0.1) is 11.8 Å². The third kappa shape index (κ3) is 3.95. The van der Waals surface area contributed by atoms with E-state index in [0.717, 1.165) is 19.0 Å². The third-order valence-corrected chi connectivity index (χ3v) is 6.10. The van der Waals surface area contributed by atoms with Crippen LogP contribution in [0.15, 0.2) is 0 Å². The average Bonchev–Trinajstić information content (AvgIpc) is 2.91. The average molecular weight is 330 g/mol. The zero-order valence-electron chi connectivity index (χ0n) is 13.9. The van der Waals surface area contributed by atoms with Crippen molar-refractivity contribution in [3.8, 4) is 0 Å². The van der Waals surface area contributed by atoms with Crippen LogP contribution in [0.4, 0.5) is 0 Å². The molecule has 0 aromatic heterocycles. The van der Waals surface area contributed by atoms with Crippen molar-refractivity contribution < 1.29 is 4.79 Å². The Balaban J connectivity index is 0.00000176. The van der Waals surface area contributed by atoms with Gasteiger partial charge in [-0.3, -0.25) is 9.69 Å². The van der Waals surface area contributed by atoms with Gasteiger partial charge in [0.2, 0.25) is 5.91 Å². The van der Waals surface area contributed by atoms with Gasteiger partial charge in [0, 0.05) is 32.2 Å². The molecule has 2 aliphatic carbocycles. The van der Waals surface area contributed by atoms with Crippen molar-refractivity contribution in [2.75, 3.05) is 26.7 Å². The van der Waals surface area contributed by atoms with E-state index < -0.39 is 0 Å². The molecule has 1 amide bonds. The zero-order chi connectivity index (χ0) is 14.8. The van der Waals surface area contributed by atoms with Crippen molar-refractivity contribution in [2.24, 2.45) is 17.6 Å². The summed E-state index contributed by atoms with van der Waals surface area (Å²) in [6.07, 6.45) is 10.0. The number of likely N-dealkylation sites (N-methyl/N-ethyl adjacent to an activating group) is 1. The molecule has 0 radical (unpaired) electrons. The van der Waals surface area contributed by atoms with Crippen molar-refractivity contribution in [1.82, 2.24) is 9.80 Å². The van der Waals surface area contributed by atoms with E-state index in [1.165, 1.54) is 51.4 Å². The Morgan fingerprint density at radius 2 is 1.82 bits per heavy atom. The van der Waals surface area contributed by atoms with Crippen LogP contribution >= 0.6 is 12.4 Å². The fraction of sp³-hybridized carbons (Fsp3) is 0.941. The van der Waals surface area contributed by atoms with Crippen LogP contribution in [0.1, 0.15) is 51.4 Å². The molecule has 1 aliphatic heterocycles. The Hall–Kier alpha value is -0.320. The predicted octanol–water partition coefficient (Wildman–Crippen LogP) is 2.26. The summed E-state index contributed by atoms with van der Waals surface area (Å²) in [5.74, 6) is 1.68. The molecular formula is C17H32ClN3O. The lowest BCUT2D eigenvalue weighted by Gasteiger charge is -2.32. The van der Waals surface area contributed by atoms with E-state index in [0.29, 0.717) is 30.5 Å². The maximum Gasteiger partial charge on any atom is 0.236 e. The lowest BCUT2D eigenvalue weighted by Crippen LogP contribution is -2.44. The number of nitrogens with two attached hydrogens (primary N) is 1. The fourth-order valence-corrected chi connectivity index (χ4v) is 4.71. The molecule has 22 heavy (non-hydrogen) atoms. The van der Waals surface area contributed by atoms with Crippen molar-refractivity contribution in [3.05, 3.63) is 0 Å². The summed E-state index contributed by atoms with van der Waals surface area (Å²) >= 11 is 0. The highest BCUT2D eigenvalue weighted by molar-refractivity contribution is 5.85. The van der Waals surface area contributed by atoms with Crippen LogP contribution in [0.25, 0.3) is 0 Å². The van der Waals surface area contributed by atoms with E-state index in [2.05, 4.69) is 4.90 Å². The SMILES string of the molecule is CN(C(=O)CN1CC2CCCC(N)C2C1)C1CCCCC1.Cl. The van der Waals surface area contributed by atoms with Crippen LogP contribution in [0.2, 0.25) is 0 Å². The highest BCUT2D eigenvalue weighted by atomic mass is 35.5. The Bertz CT molecular complexity index is 373. The molecule has 128 valence electrons. The van der Waals surface area contributed by atoms with Crippen molar-refractivity contribution >= 4 is 18.3 Å². The highest BCUT2D eigenvalue weighted by Gasteiger charge is 2.39. The van der Waals surface area contributed by atoms with Gasteiger partial charge >= 0.3 is 0 Å². The number of carbonyl (C=O) groups is 1. The standard InChI is InChI=1S/C17H31N3O.ClH/c1-19(14-7-3-2-4-8-14)17(21)12-20-10-13-6-5-9-16(18)15(13)11-20;/h13-16H,2-12,18H2,1H3;1H. The van der Waals surface area contributed by atoms with E-state index >= 15 is 0 Å². The molecule has 0 aromatic carbocycles. The lowest BCUT2D eigenvalue weighted by atomic mass is 9.78. The molecule has 4 nitrogen and oxygen atoms in total. The number of hydrogen-bond acceptors (Lipinski definition) is 3. The molecule has 3 fully saturated rings. The van der Waals surface area contributed by atoms with Crippen LogP contribution in [-0.2, 0) is 4.79 Å². The zero-order valence-corrected chi connectivity index (χ0v) is 14.7. The van der Waals surface area contributed by atoms with E-state index in [4.69, 9.17) is 5.73 Å². The molecule has 3 unspecified atom stereocenters. The maximum atomic E-state index is 12.5. The van der Waals surface area contributed by atoms with Gasteiger partial charge in [-0.1, -0.05) is 25.7 Å². The first-order valence-corrected chi connectivity index (χ1v) is 8.88. The van der Waals surface area contributed by atoms with Gasteiger partial charge in [0.25, 0.3) is 0 Å². The maximum absolute atomic E-state index is 12.5. The highest BCUT2D eigenvalue weighted by Crippen LogP contribution is 2.35. The van der Waals surface area contributed by atoms with Gasteiger partial charge in [-0.05, 0) is 37.5 Å². The Morgan fingerprint density at radius 1 is 1.09 bits per heavy atom. The van der Waals surface area contributed by atoms with E-state index in [1.807, 2.05) is 11.9 Å². The van der Waals surface area contributed by atoms with E-state index in [1.54, 1.807) is 0 Å². The predicted molar refractivity (Wildman–Crippen MR) is 92.1 cm³/mol. The molecule has 3 aliphatic rings. The fourth-order valence-electron chi connectivity index (χ4n) is 4.71. The van der Waals surface area contributed by atoms with Crippen LogP contribution in [-0.4, -0.2) is 54.5 Å². The van der Waals surface area contributed by atoms with Gasteiger partial charge in [0.05, 0.1) is 6.54 Å². The minimum atomic E-state index is 0. The van der Waals surface area contributed by atoms with Crippen LogP contribution in [0.3, 0.4) is 0 Å². The molecule has 0 bridgehead atoms. The number of amides is 1. The number of rotatable bonds is 3. The quantitative estimate of drug-likeness (QED) is 0.864. The molecular weight excluding hydrogens is 298 g/mol. The minimum absolute atomic E-state index is 0. The molecule has 3 atom stereocenters. The van der Waals surface area contributed by atoms with Crippen molar-refractivity contribution in [1.29, 1.82) is 0 Å². The van der Waals surface area contributed by atoms with Crippen molar-refractivity contribution in [2.45, 2.75) is 63.5 Å². The molecule has 2 N–H and O–H groups in total. The molecule has 0 spiro atoms. The first-order chi connectivity index (χ1) is 10.1. The van der Waals surface area contributed by atoms with Crippen LogP contribution < -0.4 is 5.73 Å². The first kappa shape index (κ1) is 18.0. The summed E-state index contributed by atoms with van der Waals surface area (Å²) in [6, 6.07) is 0.846. The second-order valence-corrected chi connectivity index (χ2v) is 7.51. The van der Waals surface area contributed by atoms with E-state index in [9.17, 15) is 4.79 Å². The molecule has 5 heteroatoms. The molecule has 1 heterocycles. The summed E-state index contributed by atoms with van der Waals surface area (Å²) in [4.78, 5) is 16.9. The molecule has 1 saturated heterocycles. The number of carbonyl (C=O) groups excluding carboxylic acids is 1. The molecule has 3 rings (SSSR count). The summed E-state index contributed by atoms with van der Waals surface area (Å²) in [5, 5.41) is 0. The summed E-state index contributed by atoms with van der Waals surface area (Å²) in [7, 11) is 2.01. The van der Waals surface area contributed by atoms with Gasteiger partial charge in [0.1, 0.15) is 0 Å². The Morgan fingerprint density at radius 3 is 2.50 bits per heavy atom. The van der Waals surface area contributed by atoms with Gasteiger partial charge in [-0.25, -0.2) is 0 Å². The normalized spacial score (nSPS) is 33.1. The van der Waals surface area contributed by atoms with Gasteiger partial charge in [-0.2, -0.15) is 0 Å². The van der Waals surface area contributed by atoms with Crippen LogP contribution in [0.5, 0.6) is 0 Å². The minimum Gasteiger partial charge on any atom is -0.342 e. The number of fused-ring (bicyclic) bond motifs is 1. The summed E-state index contributed by atoms with van der Waals surface area (Å²) in [5.41, 5.74) is 6.27. The topological polar surface area (TPSA) is 49.6 Å². The summed E-state index contributed by atoms with van der Waals surface area (Å²) < 4.78 is 0. The van der Waals surface area contributed by atoms with Gasteiger partial charge in [0.15, 0.2) is 0 Å². The molecule has 2 saturated carbocycles. The van der Waals surface area contributed by atoms with Crippen molar-refractivity contribution in [3.63, 3.8) is 0 Å². The smallest absolute Gasteiger partial charge is 0.236 e. The number of halogens is 1. The number of nitrogens with zero attached hydrogens (tertiary/aromatic N) is 2. The Kier molecular flexibility index (Phi) is 6.54. The first-order valence-electron chi connectivity index (χ1n) is 8.88. The molecule has 0 aromatic rings. The Labute approximate surface area is 141 Å². The van der Waals surface area contributed by atoms with E-state index in [-0.39, 0.29) is 12.4 Å². The number of hydrogen-bond donors (Lipinski definition) is 1.